The molecule has 2 N–H and O–H groups in total. The van der Waals surface area contributed by atoms with Gasteiger partial charge in [0.25, 0.3) is 0 Å². The van der Waals surface area contributed by atoms with Crippen molar-refractivity contribution in [2.75, 3.05) is 6.54 Å². The highest BCUT2D eigenvalue weighted by Gasteiger charge is 2.14. The van der Waals surface area contributed by atoms with Crippen LogP contribution in [-0.4, -0.2) is 12.3 Å². The fourth-order valence-electron chi connectivity index (χ4n) is 2.21. The van der Waals surface area contributed by atoms with Crippen LogP contribution in [0.5, 0.6) is 0 Å². The van der Waals surface area contributed by atoms with Crippen molar-refractivity contribution in [2.45, 2.75) is 52.4 Å². The van der Waals surface area contributed by atoms with Crippen LogP contribution in [0.25, 0.3) is 0 Å². The number of carbonyl (C=O) groups is 1. The smallest absolute Gasteiger partial charge is 0.160 e. The van der Waals surface area contributed by atoms with Gasteiger partial charge in [0.2, 0.25) is 0 Å². The van der Waals surface area contributed by atoms with Crippen molar-refractivity contribution < 1.29 is 4.79 Å². The zero-order valence-electron chi connectivity index (χ0n) is 10.5. The van der Waals surface area contributed by atoms with E-state index in [-0.39, 0.29) is 5.78 Å². The topological polar surface area (TPSA) is 43.1 Å². The molecule has 0 fully saturated rings. The van der Waals surface area contributed by atoms with Gasteiger partial charge in [0.15, 0.2) is 5.78 Å². The van der Waals surface area contributed by atoms with E-state index in [1.165, 1.54) is 11.1 Å². The van der Waals surface area contributed by atoms with Crippen LogP contribution in [-0.2, 0) is 4.79 Å². The molecule has 1 aliphatic carbocycles. The second-order valence-corrected chi connectivity index (χ2v) is 4.58. The fraction of sp³-hybridized carbons (Fsp3) is 0.643. The summed E-state index contributed by atoms with van der Waals surface area (Å²) < 4.78 is 0. The van der Waals surface area contributed by atoms with Gasteiger partial charge in [-0.3, -0.25) is 4.79 Å². The van der Waals surface area contributed by atoms with Gasteiger partial charge in [0.1, 0.15) is 0 Å². The predicted molar refractivity (Wildman–Crippen MR) is 68.2 cm³/mol. The van der Waals surface area contributed by atoms with Crippen molar-refractivity contribution in [3.8, 4) is 0 Å². The van der Waals surface area contributed by atoms with Crippen LogP contribution >= 0.6 is 0 Å². The second-order valence-electron chi connectivity index (χ2n) is 4.58. The molecule has 2 heteroatoms. The highest BCUT2D eigenvalue weighted by molar-refractivity contribution is 5.97. The standard InChI is InChI=1S/C14H23NO/c1-3-6-12-9-11(2)7-4-5-8-14(16)13(12)10-15/h9H,3-8,10,15H2,1-2H3/b11-9-,13-12-. The fourth-order valence-corrected chi connectivity index (χ4v) is 2.21. The maximum Gasteiger partial charge on any atom is 0.160 e. The molecule has 16 heavy (non-hydrogen) atoms. The third-order valence-electron chi connectivity index (χ3n) is 3.09. The van der Waals surface area contributed by atoms with Gasteiger partial charge in [-0.2, -0.15) is 0 Å². The molecule has 0 heterocycles. The first-order chi connectivity index (χ1) is 7.69. The SMILES string of the molecule is CCCC1=C(\CN)C(=O)CCCC/C(C)=C\1. The molecule has 0 aromatic carbocycles. The third kappa shape index (κ3) is 3.60. The Labute approximate surface area is 98.6 Å². The van der Waals surface area contributed by atoms with Gasteiger partial charge in [-0.15, -0.1) is 0 Å². The minimum absolute atomic E-state index is 0.261. The summed E-state index contributed by atoms with van der Waals surface area (Å²) in [7, 11) is 0. The first kappa shape index (κ1) is 13.2. The van der Waals surface area contributed by atoms with Crippen LogP contribution in [0, 0.1) is 0 Å². The van der Waals surface area contributed by atoms with Crippen LogP contribution < -0.4 is 5.73 Å². The Morgan fingerprint density at radius 3 is 2.62 bits per heavy atom. The molecule has 0 saturated heterocycles. The number of allylic oxidation sites excluding steroid dienone is 3. The summed E-state index contributed by atoms with van der Waals surface area (Å²) in [5.74, 6) is 0.261. The second kappa shape index (κ2) is 6.64. The van der Waals surface area contributed by atoms with Crippen LogP contribution in [0.3, 0.4) is 0 Å². The molecular formula is C14H23NO. The Hall–Kier alpha value is -0.890. The van der Waals surface area contributed by atoms with Crippen LogP contribution in [0.4, 0.5) is 0 Å². The van der Waals surface area contributed by atoms with E-state index in [1.807, 2.05) is 0 Å². The molecule has 0 aliphatic heterocycles. The van der Waals surface area contributed by atoms with E-state index >= 15 is 0 Å². The molecule has 0 atom stereocenters. The summed E-state index contributed by atoms with van der Waals surface area (Å²) >= 11 is 0. The Morgan fingerprint density at radius 2 is 2.00 bits per heavy atom. The van der Waals surface area contributed by atoms with Crippen molar-refractivity contribution in [1.82, 2.24) is 0 Å². The molecule has 0 saturated carbocycles. The van der Waals surface area contributed by atoms with E-state index in [4.69, 9.17) is 5.73 Å². The molecule has 0 spiro atoms. The van der Waals surface area contributed by atoms with Gasteiger partial charge in [-0.1, -0.05) is 25.0 Å². The van der Waals surface area contributed by atoms with Crippen LogP contribution in [0.15, 0.2) is 22.8 Å². The molecule has 0 aromatic rings. The van der Waals surface area contributed by atoms with Gasteiger partial charge < -0.3 is 5.73 Å². The number of ketones is 1. The van der Waals surface area contributed by atoms with Gasteiger partial charge in [-0.05, 0) is 38.2 Å². The lowest BCUT2D eigenvalue weighted by molar-refractivity contribution is -0.115. The molecule has 90 valence electrons. The average Bonchev–Trinajstić information content (AvgIpc) is 2.30. The lowest BCUT2D eigenvalue weighted by Gasteiger charge is -2.09. The molecular weight excluding hydrogens is 198 g/mol. The number of Topliss-reactive ketones (excluding diaryl/α,β-unsaturated/α-hetero) is 1. The zero-order valence-corrected chi connectivity index (χ0v) is 10.5. The van der Waals surface area contributed by atoms with Gasteiger partial charge in [0, 0.05) is 18.5 Å². The third-order valence-corrected chi connectivity index (χ3v) is 3.09. The summed E-state index contributed by atoms with van der Waals surface area (Å²) in [4.78, 5) is 12.0. The molecule has 0 unspecified atom stereocenters. The van der Waals surface area contributed by atoms with E-state index in [1.54, 1.807) is 0 Å². The Kier molecular flexibility index (Phi) is 5.47. The number of hydrogen-bond acceptors (Lipinski definition) is 2. The lowest BCUT2D eigenvalue weighted by atomic mass is 9.97. The highest BCUT2D eigenvalue weighted by Crippen LogP contribution is 2.22. The quantitative estimate of drug-likeness (QED) is 0.795. The van der Waals surface area contributed by atoms with Crippen molar-refractivity contribution >= 4 is 5.78 Å². The molecule has 1 aliphatic rings. The summed E-state index contributed by atoms with van der Waals surface area (Å²) in [6, 6.07) is 0. The number of hydrogen-bond donors (Lipinski definition) is 1. The first-order valence-corrected chi connectivity index (χ1v) is 6.31. The molecule has 0 aromatic heterocycles. The minimum Gasteiger partial charge on any atom is -0.326 e. The largest absolute Gasteiger partial charge is 0.326 e. The molecule has 0 bridgehead atoms. The van der Waals surface area contributed by atoms with E-state index in [2.05, 4.69) is 19.9 Å². The van der Waals surface area contributed by atoms with Gasteiger partial charge in [-0.25, -0.2) is 0 Å². The Bertz CT molecular complexity index is 313. The Morgan fingerprint density at radius 1 is 1.31 bits per heavy atom. The predicted octanol–water partition coefficient (Wildman–Crippen LogP) is 3.13. The molecule has 1 rings (SSSR count). The number of rotatable bonds is 3. The maximum absolute atomic E-state index is 12.0. The zero-order chi connectivity index (χ0) is 12.0. The van der Waals surface area contributed by atoms with Crippen molar-refractivity contribution in [1.29, 1.82) is 0 Å². The van der Waals surface area contributed by atoms with E-state index in [9.17, 15) is 4.79 Å². The highest BCUT2D eigenvalue weighted by atomic mass is 16.1. The van der Waals surface area contributed by atoms with E-state index in [0.29, 0.717) is 13.0 Å². The summed E-state index contributed by atoms with van der Waals surface area (Å²) in [5.41, 5.74) is 9.14. The van der Waals surface area contributed by atoms with Gasteiger partial charge in [0.05, 0.1) is 0 Å². The monoisotopic (exact) mass is 221 g/mol. The minimum atomic E-state index is 0.261. The maximum atomic E-state index is 12.0. The normalized spacial score (nSPS) is 26.7. The summed E-state index contributed by atoms with van der Waals surface area (Å²) in [6.45, 7) is 4.68. The van der Waals surface area contributed by atoms with Crippen molar-refractivity contribution in [3.05, 3.63) is 22.8 Å². The van der Waals surface area contributed by atoms with E-state index in [0.717, 1.165) is 37.7 Å². The number of nitrogens with two attached hydrogens (primary N) is 1. The van der Waals surface area contributed by atoms with Crippen LogP contribution in [0.2, 0.25) is 0 Å². The van der Waals surface area contributed by atoms with Gasteiger partial charge >= 0.3 is 0 Å². The van der Waals surface area contributed by atoms with Crippen molar-refractivity contribution in [2.24, 2.45) is 5.73 Å². The summed E-state index contributed by atoms with van der Waals surface area (Å²) in [5, 5.41) is 0. The average molecular weight is 221 g/mol. The van der Waals surface area contributed by atoms with Crippen molar-refractivity contribution in [3.63, 3.8) is 0 Å². The first-order valence-electron chi connectivity index (χ1n) is 6.31. The molecule has 0 radical (unpaired) electrons. The molecule has 0 amide bonds. The van der Waals surface area contributed by atoms with E-state index < -0.39 is 0 Å². The van der Waals surface area contributed by atoms with Crippen LogP contribution in [0.1, 0.15) is 52.4 Å². The summed E-state index contributed by atoms with van der Waals surface area (Å²) in [6.07, 6.45) is 8.11. The molecule has 2 nitrogen and oxygen atoms in total. The Balaban J connectivity index is 3.07. The lowest BCUT2D eigenvalue weighted by Crippen LogP contribution is -2.15. The number of carbonyl (C=O) groups excluding carboxylic acids is 1.